The van der Waals surface area contributed by atoms with Crippen LogP contribution in [0.15, 0.2) is 48.7 Å². The topological polar surface area (TPSA) is 56.2 Å². The van der Waals surface area contributed by atoms with Crippen molar-refractivity contribution in [3.8, 4) is 11.4 Å². The first-order chi connectivity index (χ1) is 7.83. The number of benzene rings is 1. The minimum atomic E-state index is 0.678. The number of pyridine rings is 1. The Hall–Kier alpha value is -2.36. The monoisotopic (exact) mass is 210 g/mol. The maximum atomic E-state index is 5.68. The zero-order valence-corrected chi connectivity index (χ0v) is 8.54. The molecule has 78 valence electrons. The number of fused-ring (bicyclic) bond motifs is 1. The highest BCUT2D eigenvalue weighted by atomic mass is 15.3. The molecule has 0 atom stereocenters. The molecule has 4 nitrogen and oxygen atoms in total. The summed E-state index contributed by atoms with van der Waals surface area (Å²) in [6, 6.07) is 13.5. The van der Waals surface area contributed by atoms with E-state index in [0.29, 0.717) is 11.5 Å². The van der Waals surface area contributed by atoms with Crippen LogP contribution in [0.4, 0.5) is 5.69 Å². The van der Waals surface area contributed by atoms with Crippen molar-refractivity contribution in [1.82, 2.24) is 14.6 Å². The quantitative estimate of drug-likeness (QED) is 0.668. The Bertz CT molecular complexity index is 628. The molecule has 2 heterocycles. The highest BCUT2D eigenvalue weighted by Crippen LogP contribution is 2.16. The largest absolute Gasteiger partial charge is 0.397 e. The number of nitrogens with zero attached hydrogens (tertiary/aromatic N) is 3. The van der Waals surface area contributed by atoms with Gasteiger partial charge in [-0.2, -0.15) is 0 Å². The van der Waals surface area contributed by atoms with Crippen molar-refractivity contribution < 1.29 is 0 Å². The van der Waals surface area contributed by atoms with Gasteiger partial charge in [-0.3, -0.25) is 0 Å². The number of hydrogen-bond donors (Lipinski definition) is 1. The van der Waals surface area contributed by atoms with Gasteiger partial charge in [0.05, 0.1) is 11.9 Å². The first-order valence-corrected chi connectivity index (χ1v) is 5.00. The van der Waals surface area contributed by atoms with Crippen LogP contribution in [0.3, 0.4) is 0 Å². The first kappa shape index (κ1) is 8.91. The fraction of sp³-hybridized carbons (Fsp3) is 0. The van der Waals surface area contributed by atoms with E-state index >= 15 is 0 Å². The molecule has 0 fully saturated rings. The van der Waals surface area contributed by atoms with E-state index in [0.717, 1.165) is 11.2 Å². The maximum Gasteiger partial charge on any atom is 0.182 e. The molecule has 3 aromatic rings. The number of anilines is 1. The first-order valence-electron chi connectivity index (χ1n) is 5.00. The fourth-order valence-electron chi connectivity index (χ4n) is 1.61. The lowest BCUT2D eigenvalue weighted by atomic mass is 10.2. The molecule has 0 spiro atoms. The molecule has 0 radical (unpaired) electrons. The summed E-state index contributed by atoms with van der Waals surface area (Å²) in [7, 11) is 0. The zero-order valence-electron chi connectivity index (χ0n) is 8.54. The van der Waals surface area contributed by atoms with E-state index in [1.165, 1.54) is 0 Å². The molecule has 2 N–H and O–H groups in total. The van der Waals surface area contributed by atoms with E-state index in [9.17, 15) is 0 Å². The van der Waals surface area contributed by atoms with Gasteiger partial charge in [0, 0.05) is 5.56 Å². The van der Waals surface area contributed by atoms with Crippen molar-refractivity contribution in [1.29, 1.82) is 0 Å². The van der Waals surface area contributed by atoms with Crippen molar-refractivity contribution in [2.24, 2.45) is 0 Å². The summed E-state index contributed by atoms with van der Waals surface area (Å²) in [4.78, 5) is 4.42. The van der Waals surface area contributed by atoms with Crippen LogP contribution in [0.25, 0.3) is 17.0 Å². The SMILES string of the molecule is Nc1ccc2nc(-c3ccccc3)nn2c1. The Morgan fingerprint density at radius 1 is 1.00 bits per heavy atom. The molecule has 2 aromatic heterocycles. The molecule has 0 bridgehead atoms. The summed E-state index contributed by atoms with van der Waals surface area (Å²) in [6.07, 6.45) is 1.76. The second-order valence-electron chi connectivity index (χ2n) is 3.57. The molecule has 0 aliphatic rings. The second kappa shape index (κ2) is 3.34. The van der Waals surface area contributed by atoms with Crippen LogP contribution in [0, 0.1) is 0 Å². The number of hydrogen-bond acceptors (Lipinski definition) is 3. The van der Waals surface area contributed by atoms with Gasteiger partial charge in [0.1, 0.15) is 0 Å². The summed E-state index contributed by atoms with van der Waals surface area (Å²) >= 11 is 0. The second-order valence-corrected chi connectivity index (χ2v) is 3.57. The van der Waals surface area contributed by atoms with Gasteiger partial charge < -0.3 is 5.73 Å². The van der Waals surface area contributed by atoms with E-state index in [1.807, 2.05) is 42.5 Å². The molecular weight excluding hydrogens is 200 g/mol. The van der Waals surface area contributed by atoms with Gasteiger partial charge in [0.25, 0.3) is 0 Å². The van der Waals surface area contributed by atoms with E-state index in [1.54, 1.807) is 10.7 Å². The summed E-state index contributed by atoms with van der Waals surface area (Å²) in [6.45, 7) is 0. The van der Waals surface area contributed by atoms with Crippen LogP contribution < -0.4 is 5.73 Å². The lowest BCUT2D eigenvalue weighted by molar-refractivity contribution is 0.968. The van der Waals surface area contributed by atoms with Crippen LogP contribution >= 0.6 is 0 Å². The summed E-state index contributed by atoms with van der Waals surface area (Å²) < 4.78 is 1.69. The predicted octanol–water partition coefficient (Wildman–Crippen LogP) is 1.98. The third-order valence-corrected chi connectivity index (χ3v) is 2.39. The number of nitrogens with two attached hydrogens (primary N) is 1. The van der Waals surface area contributed by atoms with Gasteiger partial charge >= 0.3 is 0 Å². The van der Waals surface area contributed by atoms with Gasteiger partial charge in [-0.05, 0) is 12.1 Å². The molecule has 0 unspecified atom stereocenters. The molecule has 0 amide bonds. The third kappa shape index (κ3) is 1.40. The van der Waals surface area contributed by atoms with Gasteiger partial charge in [-0.1, -0.05) is 30.3 Å². The molecule has 16 heavy (non-hydrogen) atoms. The van der Waals surface area contributed by atoms with Crippen molar-refractivity contribution >= 4 is 11.3 Å². The van der Waals surface area contributed by atoms with Gasteiger partial charge in [-0.15, -0.1) is 5.10 Å². The molecule has 1 aromatic carbocycles. The molecule has 0 aliphatic carbocycles. The molecule has 0 saturated heterocycles. The lowest BCUT2D eigenvalue weighted by Crippen LogP contribution is -1.91. The highest BCUT2D eigenvalue weighted by Gasteiger charge is 2.04. The Labute approximate surface area is 92.4 Å². The van der Waals surface area contributed by atoms with Crippen LogP contribution in [0.2, 0.25) is 0 Å². The van der Waals surface area contributed by atoms with Gasteiger partial charge in [0.2, 0.25) is 0 Å². The lowest BCUT2D eigenvalue weighted by Gasteiger charge is -1.92. The van der Waals surface area contributed by atoms with Gasteiger partial charge in [0.15, 0.2) is 11.5 Å². The van der Waals surface area contributed by atoms with Crippen molar-refractivity contribution in [2.45, 2.75) is 0 Å². The summed E-state index contributed by atoms with van der Waals surface area (Å²) in [5.74, 6) is 0.714. The van der Waals surface area contributed by atoms with Crippen molar-refractivity contribution in [3.63, 3.8) is 0 Å². The van der Waals surface area contributed by atoms with Crippen molar-refractivity contribution in [2.75, 3.05) is 5.73 Å². The Kier molecular flexibility index (Phi) is 1.86. The molecule has 3 rings (SSSR count). The average molecular weight is 210 g/mol. The number of rotatable bonds is 1. The minimum absolute atomic E-state index is 0.678. The van der Waals surface area contributed by atoms with Gasteiger partial charge in [-0.25, -0.2) is 9.50 Å². The van der Waals surface area contributed by atoms with E-state index in [4.69, 9.17) is 5.73 Å². The number of aromatic nitrogens is 3. The van der Waals surface area contributed by atoms with E-state index in [2.05, 4.69) is 10.1 Å². The molecule has 0 aliphatic heterocycles. The van der Waals surface area contributed by atoms with E-state index < -0.39 is 0 Å². The Balaban J connectivity index is 2.19. The maximum absolute atomic E-state index is 5.68. The highest BCUT2D eigenvalue weighted by molar-refractivity contribution is 5.58. The standard InChI is InChI=1S/C12H10N4/c13-10-6-7-11-14-12(15-16(11)8-10)9-4-2-1-3-5-9/h1-8H,13H2. The summed E-state index contributed by atoms with van der Waals surface area (Å²) in [5.41, 5.74) is 8.16. The number of nitrogen functional groups attached to an aromatic ring is 1. The predicted molar refractivity (Wildman–Crippen MR) is 62.8 cm³/mol. The molecular formula is C12H10N4. The third-order valence-electron chi connectivity index (χ3n) is 2.39. The van der Waals surface area contributed by atoms with Crippen molar-refractivity contribution in [3.05, 3.63) is 48.7 Å². The minimum Gasteiger partial charge on any atom is -0.397 e. The fourth-order valence-corrected chi connectivity index (χ4v) is 1.61. The smallest absolute Gasteiger partial charge is 0.182 e. The normalized spacial score (nSPS) is 10.8. The average Bonchev–Trinajstić information content (AvgIpc) is 2.73. The Morgan fingerprint density at radius 2 is 1.81 bits per heavy atom. The van der Waals surface area contributed by atoms with Crippen LogP contribution in [0.5, 0.6) is 0 Å². The molecule has 0 saturated carbocycles. The zero-order chi connectivity index (χ0) is 11.0. The van der Waals surface area contributed by atoms with Crippen LogP contribution in [-0.2, 0) is 0 Å². The van der Waals surface area contributed by atoms with Crippen LogP contribution in [0.1, 0.15) is 0 Å². The molecule has 4 heteroatoms. The van der Waals surface area contributed by atoms with Crippen LogP contribution in [-0.4, -0.2) is 14.6 Å². The summed E-state index contributed by atoms with van der Waals surface area (Å²) in [5, 5.41) is 4.37. The van der Waals surface area contributed by atoms with E-state index in [-0.39, 0.29) is 0 Å². The Morgan fingerprint density at radius 3 is 2.62 bits per heavy atom.